The summed E-state index contributed by atoms with van der Waals surface area (Å²) < 4.78 is 15.8. The third kappa shape index (κ3) is 4.74. The molecule has 3 aromatic carbocycles. The van der Waals surface area contributed by atoms with Gasteiger partial charge in [0.1, 0.15) is 5.82 Å². The van der Waals surface area contributed by atoms with Gasteiger partial charge in [0.2, 0.25) is 0 Å². The highest BCUT2D eigenvalue weighted by molar-refractivity contribution is 6.09. The van der Waals surface area contributed by atoms with E-state index in [4.69, 9.17) is 0 Å². The molecule has 2 heteroatoms. The summed E-state index contributed by atoms with van der Waals surface area (Å²) in [5.41, 5.74) is 6.07. The molecule has 1 aromatic heterocycles. The van der Waals surface area contributed by atoms with Crippen LogP contribution in [0, 0.1) is 5.82 Å². The maximum absolute atomic E-state index is 13.6. The van der Waals surface area contributed by atoms with Crippen molar-refractivity contribution in [1.29, 1.82) is 0 Å². The zero-order valence-corrected chi connectivity index (χ0v) is 18.5. The average Bonchev–Trinajstić information content (AvgIpc) is 3.11. The predicted octanol–water partition coefficient (Wildman–Crippen LogP) is 8.55. The van der Waals surface area contributed by atoms with Crippen LogP contribution in [0.1, 0.15) is 56.6 Å². The molecule has 4 rings (SSSR count). The van der Waals surface area contributed by atoms with Gasteiger partial charge in [-0.25, -0.2) is 4.39 Å². The van der Waals surface area contributed by atoms with E-state index in [-0.39, 0.29) is 5.82 Å². The second kappa shape index (κ2) is 9.96. The Morgan fingerprint density at radius 3 is 2.00 bits per heavy atom. The average molecular weight is 414 g/mol. The fraction of sp³-hybridized carbons (Fsp3) is 0.310. The Kier molecular flexibility index (Phi) is 6.86. The standard InChI is InChI=1S/C29H32FN/c1-3-5-7-8-9-11-23-13-19-29-27(21-23)26-20-22(10-6-4-2)12-18-28(26)31(29)25-16-14-24(30)15-17-25/h4,12-21H,2-3,5-11H2,1H3. The van der Waals surface area contributed by atoms with Crippen LogP contribution in [0.25, 0.3) is 27.5 Å². The maximum Gasteiger partial charge on any atom is 0.123 e. The summed E-state index contributed by atoms with van der Waals surface area (Å²) in [5.74, 6) is -0.207. The first kappa shape index (κ1) is 21.4. The lowest BCUT2D eigenvalue weighted by Gasteiger charge is -2.08. The Morgan fingerprint density at radius 1 is 0.774 bits per heavy atom. The molecule has 160 valence electrons. The molecule has 0 bridgehead atoms. The molecule has 0 spiro atoms. The van der Waals surface area contributed by atoms with Gasteiger partial charge in [-0.1, -0.05) is 50.8 Å². The van der Waals surface area contributed by atoms with E-state index in [1.165, 1.54) is 77.2 Å². The SMILES string of the molecule is C=CCCc1ccc2c(c1)c1cc(CCCCCCC)ccc1n2-c1ccc(F)cc1. The fourth-order valence-corrected chi connectivity index (χ4v) is 4.50. The van der Waals surface area contributed by atoms with Crippen molar-refractivity contribution in [1.82, 2.24) is 4.57 Å². The first-order valence-electron chi connectivity index (χ1n) is 11.6. The molecule has 0 atom stereocenters. The lowest BCUT2D eigenvalue weighted by Crippen LogP contribution is -1.94. The number of hydrogen-bond acceptors (Lipinski definition) is 0. The topological polar surface area (TPSA) is 4.93 Å². The zero-order chi connectivity index (χ0) is 21.6. The zero-order valence-electron chi connectivity index (χ0n) is 18.5. The fourth-order valence-electron chi connectivity index (χ4n) is 4.50. The van der Waals surface area contributed by atoms with E-state index in [0.717, 1.165) is 24.9 Å². The summed E-state index contributed by atoms with van der Waals surface area (Å²) in [6.07, 6.45) is 11.6. The van der Waals surface area contributed by atoms with Crippen LogP contribution in [-0.2, 0) is 12.8 Å². The number of rotatable bonds is 10. The van der Waals surface area contributed by atoms with E-state index in [1.807, 2.05) is 18.2 Å². The molecule has 31 heavy (non-hydrogen) atoms. The summed E-state index contributed by atoms with van der Waals surface area (Å²) in [7, 11) is 0. The Balaban J connectivity index is 1.78. The minimum absolute atomic E-state index is 0.207. The summed E-state index contributed by atoms with van der Waals surface area (Å²) in [5, 5.41) is 2.56. The van der Waals surface area contributed by atoms with Gasteiger partial charge in [0.15, 0.2) is 0 Å². The van der Waals surface area contributed by atoms with Crippen LogP contribution in [0.5, 0.6) is 0 Å². The summed E-state index contributed by atoms with van der Waals surface area (Å²) in [6, 6.07) is 20.4. The molecule has 0 saturated carbocycles. The third-order valence-corrected chi connectivity index (χ3v) is 6.18. The molecule has 0 fully saturated rings. The second-order valence-electron chi connectivity index (χ2n) is 8.51. The number of unbranched alkanes of at least 4 members (excludes halogenated alkanes) is 4. The first-order chi connectivity index (χ1) is 15.2. The van der Waals surface area contributed by atoms with Gasteiger partial charge in [0, 0.05) is 16.5 Å². The van der Waals surface area contributed by atoms with Crippen molar-refractivity contribution in [2.45, 2.75) is 58.3 Å². The molecule has 0 unspecified atom stereocenters. The number of allylic oxidation sites excluding steroid dienone is 1. The third-order valence-electron chi connectivity index (χ3n) is 6.18. The Bertz CT molecular complexity index is 1170. The Morgan fingerprint density at radius 2 is 1.39 bits per heavy atom. The van der Waals surface area contributed by atoms with E-state index in [9.17, 15) is 4.39 Å². The van der Waals surface area contributed by atoms with Crippen molar-refractivity contribution in [2.75, 3.05) is 0 Å². The highest BCUT2D eigenvalue weighted by atomic mass is 19.1. The van der Waals surface area contributed by atoms with Crippen molar-refractivity contribution in [3.8, 4) is 5.69 Å². The molecule has 4 aromatic rings. The van der Waals surface area contributed by atoms with Crippen LogP contribution in [-0.4, -0.2) is 4.57 Å². The van der Waals surface area contributed by atoms with E-state index in [1.54, 1.807) is 0 Å². The molecule has 1 heterocycles. The van der Waals surface area contributed by atoms with Gasteiger partial charge in [0.05, 0.1) is 11.0 Å². The highest BCUT2D eigenvalue weighted by Crippen LogP contribution is 2.34. The summed E-state index contributed by atoms with van der Waals surface area (Å²) >= 11 is 0. The summed E-state index contributed by atoms with van der Waals surface area (Å²) in [6.45, 7) is 6.12. The van der Waals surface area contributed by atoms with Gasteiger partial charge in [-0.3, -0.25) is 0 Å². The van der Waals surface area contributed by atoms with E-state index < -0.39 is 0 Å². The van der Waals surface area contributed by atoms with E-state index in [0.29, 0.717) is 0 Å². The number of aromatic nitrogens is 1. The Hall–Kier alpha value is -2.87. The number of aryl methyl sites for hydroxylation is 2. The quantitative estimate of drug-likeness (QED) is 0.181. The van der Waals surface area contributed by atoms with Crippen molar-refractivity contribution >= 4 is 21.8 Å². The van der Waals surface area contributed by atoms with Crippen LogP contribution in [0.3, 0.4) is 0 Å². The van der Waals surface area contributed by atoms with Crippen LogP contribution < -0.4 is 0 Å². The molecular weight excluding hydrogens is 381 g/mol. The highest BCUT2D eigenvalue weighted by Gasteiger charge is 2.13. The van der Waals surface area contributed by atoms with E-state index in [2.05, 4.69) is 54.5 Å². The van der Waals surface area contributed by atoms with Gasteiger partial charge in [-0.05, 0) is 85.3 Å². The smallest absolute Gasteiger partial charge is 0.123 e. The van der Waals surface area contributed by atoms with Gasteiger partial charge in [0.25, 0.3) is 0 Å². The monoisotopic (exact) mass is 413 g/mol. The molecule has 0 saturated heterocycles. The van der Waals surface area contributed by atoms with Crippen LogP contribution in [0.4, 0.5) is 4.39 Å². The van der Waals surface area contributed by atoms with Crippen LogP contribution >= 0.6 is 0 Å². The molecule has 0 amide bonds. The van der Waals surface area contributed by atoms with Crippen molar-refractivity contribution in [3.63, 3.8) is 0 Å². The Labute approximate surface area is 185 Å². The molecule has 0 aliphatic heterocycles. The normalized spacial score (nSPS) is 11.4. The number of hydrogen-bond donors (Lipinski definition) is 0. The van der Waals surface area contributed by atoms with E-state index >= 15 is 0 Å². The molecule has 0 aliphatic rings. The van der Waals surface area contributed by atoms with Crippen molar-refractivity contribution in [2.24, 2.45) is 0 Å². The predicted molar refractivity (Wildman–Crippen MR) is 132 cm³/mol. The van der Waals surface area contributed by atoms with Gasteiger partial charge in [-0.2, -0.15) is 0 Å². The minimum atomic E-state index is -0.207. The summed E-state index contributed by atoms with van der Waals surface area (Å²) in [4.78, 5) is 0. The first-order valence-corrected chi connectivity index (χ1v) is 11.6. The largest absolute Gasteiger partial charge is 0.309 e. The number of fused-ring (bicyclic) bond motifs is 3. The molecular formula is C29H32FN. The van der Waals surface area contributed by atoms with Gasteiger partial charge < -0.3 is 4.57 Å². The maximum atomic E-state index is 13.6. The number of benzene rings is 3. The van der Waals surface area contributed by atoms with Crippen LogP contribution in [0.2, 0.25) is 0 Å². The molecule has 0 aliphatic carbocycles. The molecule has 1 nitrogen and oxygen atoms in total. The van der Waals surface area contributed by atoms with Gasteiger partial charge >= 0.3 is 0 Å². The minimum Gasteiger partial charge on any atom is -0.309 e. The lowest BCUT2D eigenvalue weighted by molar-refractivity contribution is 0.627. The number of nitrogens with zero attached hydrogens (tertiary/aromatic N) is 1. The van der Waals surface area contributed by atoms with Crippen molar-refractivity contribution in [3.05, 3.63) is 90.3 Å². The van der Waals surface area contributed by atoms with Crippen molar-refractivity contribution < 1.29 is 4.39 Å². The van der Waals surface area contributed by atoms with Gasteiger partial charge in [-0.15, -0.1) is 6.58 Å². The lowest BCUT2D eigenvalue weighted by atomic mass is 10.0. The molecule has 0 radical (unpaired) electrons. The molecule has 0 N–H and O–H groups in total. The second-order valence-corrected chi connectivity index (χ2v) is 8.51. The number of halogens is 1. The van der Waals surface area contributed by atoms with Crippen LogP contribution in [0.15, 0.2) is 73.3 Å².